The Balaban J connectivity index is 1.44. The van der Waals surface area contributed by atoms with E-state index < -0.39 is 0 Å². The van der Waals surface area contributed by atoms with Crippen molar-refractivity contribution in [1.29, 1.82) is 0 Å². The Morgan fingerprint density at radius 1 is 1.42 bits per heavy atom. The first-order valence-electron chi connectivity index (χ1n) is 8.30. The number of anilines is 1. The molecule has 0 bridgehead atoms. The first-order chi connectivity index (χ1) is 11.7. The summed E-state index contributed by atoms with van der Waals surface area (Å²) in [6.07, 6.45) is 0.781. The van der Waals surface area contributed by atoms with Crippen molar-refractivity contribution in [2.24, 2.45) is 5.92 Å². The van der Waals surface area contributed by atoms with Gasteiger partial charge in [0.2, 0.25) is 5.91 Å². The number of hydrogen-bond acceptors (Lipinski definition) is 6. The van der Waals surface area contributed by atoms with Crippen LogP contribution < -0.4 is 4.90 Å². The molecule has 4 rings (SSSR count). The summed E-state index contributed by atoms with van der Waals surface area (Å²) in [5.74, 6) is 0.975. The number of ether oxygens (including phenoxy) is 1. The highest BCUT2D eigenvalue weighted by Crippen LogP contribution is 2.29. The van der Waals surface area contributed by atoms with Gasteiger partial charge in [-0.05, 0) is 31.3 Å². The number of thiophene rings is 1. The van der Waals surface area contributed by atoms with Crippen LogP contribution in [0.4, 0.5) is 5.69 Å². The van der Waals surface area contributed by atoms with E-state index >= 15 is 0 Å². The molecule has 0 N–H and O–H groups in total. The van der Waals surface area contributed by atoms with Crippen molar-refractivity contribution in [2.75, 3.05) is 31.1 Å². The second-order valence-electron chi connectivity index (χ2n) is 6.44. The topological polar surface area (TPSA) is 58.8 Å². The lowest BCUT2D eigenvalue weighted by atomic mass is 9.92. The van der Waals surface area contributed by atoms with Gasteiger partial charge in [-0.2, -0.15) is 11.3 Å². The van der Waals surface area contributed by atoms with Crippen LogP contribution in [0.25, 0.3) is 0 Å². The van der Waals surface area contributed by atoms with Gasteiger partial charge in [-0.1, -0.05) is 5.16 Å². The second-order valence-corrected chi connectivity index (χ2v) is 7.22. The standard InChI is InChI=1S/C17H21N3O3S/c1-12-8-13(18-23-12)9-19-4-2-15-16(10-19)22-6-5-20(17(15)21)14-3-7-24-11-14/h3,7-8,11,15-16H,2,4-6,9-10H2,1H3/t15-,16+/m1/s1. The molecular weight excluding hydrogens is 326 g/mol. The number of carbonyl (C=O) groups excluding carboxylic acids is 1. The summed E-state index contributed by atoms with van der Waals surface area (Å²) < 4.78 is 11.2. The lowest BCUT2D eigenvalue weighted by Crippen LogP contribution is -2.49. The van der Waals surface area contributed by atoms with E-state index in [1.807, 2.05) is 34.7 Å². The van der Waals surface area contributed by atoms with Gasteiger partial charge in [0.1, 0.15) is 5.76 Å². The summed E-state index contributed by atoms with van der Waals surface area (Å²) in [4.78, 5) is 17.1. The second kappa shape index (κ2) is 6.66. The number of rotatable bonds is 3. The molecule has 6 nitrogen and oxygen atoms in total. The fourth-order valence-electron chi connectivity index (χ4n) is 3.57. The van der Waals surface area contributed by atoms with Crippen LogP contribution >= 0.6 is 11.3 Å². The zero-order valence-electron chi connectivity index (χ0n) is 13.7. The lowest BCUT2D eigenvalue weighted by molar-refractivity contribution is -0.128. The van der Waals surface area contributed by atoms with Crippen molar-refractivity contribution in [3.63, 3.8) is 0 Å². The van der Waals surface area contributed by atoms with Crippen molar-refractivity contribution in [2.45, 2.75) is 26.0 Å². The predicted molar refractivity (Wildman–Crippen MR) is 91.0 cm³/mol. The summed E-state index contributed by atoms with van der Waals surface area (Å²) in [7, 11) is 0. The molecule has 24 heavy (non-hydrogen) atoms. The van der Waals surface area contributed by atoms with Crippen LogP contribution in [0.5, 0.6) is 0 Å². The molecule has 2 atom stereocenters. The highest BCUT2D eigenvalue weighted by atomic mass is 32.1. The molecule has 0 aliphatic carbocycles. The molecule has 128 valence electrons. The molecule has 0 unspecified atom stereocenters. The van der Waals surface area contributed by atoms with Gasteiger partial charge >= 0.3 is 0 Å². The largest absolute Gasteiger partial charge is 0.374 e. The number of hydrogen-bond donors (Lipinski definition) is 0. The van der Waals surface area contributed by atoms with Crippen molar-refractivity contribution < 1.29 is 14.1 Å². The molecule has 4 heterocycles. The maximum atomic E-state index is 13.0. The average molecular weight is 347 g/mol. The molecule has 2 aromatic heterocycles. The van der Waals surface area contributed by atoms with Crippen LogP contribution in [-0.4, -0.2) is 48.3 Å². The number of nitrogens with zero attached hydrogens (tertiary/aromatic N) is 3. The van der Waals surface area contributed by atoms with E-state index in [1.54, 1.807) is 11.3 Å². The van der Waals surface area contributed by atoms with Crippen molar-refractivity contribution in [1.82, 2.24) is 10.1 Å². The Morgan fingerprint density at radius 3 is 3.08 bits per heavy atom. The molecular formula is C17H21N3O3S. The van der Waals surface area contributed by atoms with E-state index in [9.17, 15) is 4.79 Å². The quantitative estimate of drug-likeness (QED) is 0.853. The Kier molecular flexibility index (Phi) is 4.39. The molecule has 2 saturated heterocycles. The van der Waals surface area contributed by atoms with Crippen LogP contribution in [0, 0.1) is 12.8 Å². The van der Waals surface area contributed by atoms with Gasteiger partial charge in [-0.15, -0.1) is 0 Å². The molecule has 0 saturated carbocycles. The Hall–Kier alpha value is -1.70. The Labute approximate surface area is 145 Å². The molecule has 0 aromatic carbocycles. The molecule has 2 aliphatic heterocycles. The van der Waals surface area contributed by atoms with E-state index in [0.717, 1.165) is 43.2 Å². The third kappa shape index (κ3) is 3.11. The van der Waals surface area contributed by atoms with Crippen LogP contribution in [0.3, 0.4) is 0 Å². The smallest absolute Gasteiger partial charge is 0.232 e. The first-order valence-corrected chi connectivity index (χ1v) is 9.25. The number of carbonyl (C=O) groups is 1. The van der Waals surface area contributed by atoms with Crippen molar-refractivity contribution in [3.8, 4) is 0 Å². The number of amides is 1. The van der Waals surface area contributed by atoms with Crippen LogP contribution in [-0.2, 0) is 16.1 Å². The highest BCUT2D eigenvalue weighted by Gasteiger charge is 2.39. The average Bonchev–Trinajstić information content (AvgIpc) is 3.20. The zero-order chi connectivity index (χ0) is 16.5. The van der Waals surface area contributed by atoms with Crippen LogP contribution in [0.15, 0.2) is 27.4 Å². The third-order valence-electron chi connectivity index (χ3n) is 4.75. The number of fused-ring (bicyclic) bond motifs is 1. The van der Waals surface area contributed by atoms with Gasteiger partial charge in [0.15, 0.2) is 0 Å². The van der Waals surface area contributed by atoms with Crippen LogP contribution in [0.1, 0.15) is 17.9 Å². The summed E-state index contributed by atoms with van der Waals surface area (Å²) >= 11 is 1.62. The Morgan fingerprint density at radius 2 is 2.33 bits per heavy atom. The van der Waals surface area contributed by atoms with E-state index in [4.69, 9.17) is 9.26 Å². The minimum atomic E-state index is -0.0531. The molecule has 7 heteroatoms. The van der Waals surface area contributed by atoms with Crippen molar-refractivity contribution in [3.05, 3.63) is 34.3 Å². The fourth-order valence-corrected chi connectivity index (χ4v) is 4.21. The van der Waals surface area contributed by atoms with Crippen LogP contribution in [0.2, 0.25) is 0 Å². The number of piperidine rings is 1. The van der Waals surface area contributed by atoms with Gasteiger partial charge in [0.05, 0.1) is 30.0 Å². The maximum Gasteiger partial charge on any atom is 0.232 e. The molecule has 0 radical (unpaired) electrons. The Bertz CT molecular complexity index is 700. The molecule has 2 aromatic rings. The van der Waals surface area contributed by atoms with Gasteiger partial charge in [0, 0.05) is 31.1 Å². The summed E-state index contributed by atoms with van der Waals surface area (Å²) in [6.45, 7) is 5.49. The highest BCUT2D eigenvalue weighted by molar-refractivity contribution is 7.08. The molecule has 0 spiro atoms. The SMILES string of the molecule is Cc1cc(CN2CC[C@H]3C(=O)N(c4ccsc4)CCO[C@H]3C2)no1. The molecule has 2 aliphatic rings. The molecule has 1 amide bonds. The number of aryl methyl sites for hydroxylation is 1. The van der Waals surface area contributed by atoms with E-state index in [2.05, 4.69) is 10.1 Å². The fraction of sp³-hybridized carbons (Fsp3) is 0.529. The van der Waals surface area contributed by atoms with E-state index in [-0.39, 0.29) is 17.9 Å². The van der Waals surface area contributed by atoms with Gasteiger partial charge < -0.3 is 14.2 Å². The summed E-state index contributed by atoms with van der Waals surface area (Å²) in [6, 6.07) is 3.97. The third-order valence-corrected chi connectivity index (χ3v) is 5.42. The number of aromatic nitrogens is 1. The summed E-state index contributed by atoms with van der Waals surface area (Å²) in [5.41, 5.74) is 1.93. The normalized spacial score (nSPS) is 25.5. The first kappa shape index (κ1) is 15.8. The number of likely N-dealkylation sites (tertiary alicyclic amines) is 1. The monoisotopic (exact) mass is 347 g/mol. The van der Waals surface area contributed by atoms with E-state index in [1.165, 1.54) is 0 Å². The minimum absolute atomic E-state index is 0.0390. The zero-order valence-corrected chi connectivity index (χ0v) is 14.5. The molecule has 2 fully saturated rings. The maximum absolute atomic E-state index is 13.0. The summed E-state index contributed by atoms with van der Waals surface area (Å²) in [5, 5.41) is 8.10. The van der Waals surface area contributed by atoms with Gasteiger partial charge in [-0.3, -0.25) is 9.69 Å². The van der Waals surface area contributed by atoms with Crippen molar-refractivity contribution >= 4 is 22.9 Å². The van der Waals surface area contributed by atoms with Gasteiger partial charge in [-0.25, -0.2) is 0 Å². The minimum Gasteiger partial charge on any atom is -0.374 e. The predicted octanol–water partition coefficient (Wildman–Crippen LogP) is 2.30. The van der Waals surface area contributed by atoms with E-state index in [0.29, 0.717) is 13.2 Å². The lowest BCUT2D eigenvalue weighted by Gasteiger charge is -2.36. The van der Waals surface area contributed by atoms with Gasteiger partial charge in [0.25, 0.3) is 0 Å².